The van der Waals surface area contributed by atoms with Crippen molar-refractivity contribution < 1.29 is 14.9 Å². The Morgan fingerprint density at radius 1 is 1.55 bits per heavy atom. The van der Waals surface area contributed by atoms with Crippen LogP contribution in [0.3, 0.4) is 0 Å². The fourth-order valence-electron chi connectivity index (χ4n) is 2.45. The Bertz CT molecular complexity index is 808. The van der Waals surface area contributed by atoms with E-state index in [1.165, 1.54) is 10.9 Å². The highest BCUT2D eigenvalue weighted by Gasteiger charge is 2.43. The number of rotatable bonds is 3. The summed E-state index contributed by atoms with van der Waals surface area (Å²) >= 11 is 0. The second-order valence-electron chi connectivity index (χ2n) is 4.94. The highest BCUT2D eigenvalue weighted by molar-refractivity contribution is 5.69. The summed E-state index contributed by atoms with van der Waals surface area (Å²) in [6.45, 7) is 1.49. The molecule has 4 atom stereocenters. The number of hydrogen-bond donors (Lipinski definition) is 3. The SMILES string of the molecule is Cc1nc2c(ncn2[C@@H]2O[C@H](CN=[N+]=[N-])C(O)[C@@H]2O)c(=O)[nH]1. The molecular weight excluding hydrogens is 294 g/mol. The van der Waals surface area contributed by atoms with Crippen LogP contribution in [0.1, 0.15) is 12.1 Å². The van der Waals surface area contributed by atoms with Gasteiger partial charge in [-0.2, -0.15) is 0 Å². The summed E-state index contributed by atoms with van der Waals surface area (Å²) in [5, 5.41) is 23.4. The molecule has 0 amide bonds. The second kappa shape index (κ2) is 5.39. The van der Waals surface area contributed by atoms with Gasteiger partial charge in [-0.1, -0.05) is 5.11 Å². The third kappa shape index (κ3) is 2.22. The molecule has 116 valence electrons. The van der Waals surface area contributed by atoms with Crippen molar-refractivity contribution in [2.45, 2.75) is 31.5 Å². The van der Waals surface area contributed by atoms with Gasteiger partial charge in [-0.3, -0.25) is 9.36 Å². The first-order valence-electron chi connectivity index (χ1n) is 6.49. The van der Waals surface area contributed by atoms with E-state index >= 15 is 0 Å². The van der Waals surface area contributed by atoms with Gasteiger partial charge in [-0.05, 0) is 12.5 Å². The molecule has 0 aromatic carbocycles. The van der Waals surface area contributed by atoms with Gasteiger partial charge in [0.1, 0.15) is 18.0 Å². The van der Waals surface area contributed by atoms with Crippen LogP contribution in [0.5, 0.6) is 0 Å². The Labute approximate surface area is 122 Å². The van der Waals surface area contributed by atoms with Gasteiger partial charge in [0.2, 0.25) is 0 Å². The number of aryl methyl sites for hydroxylation is 1. The minimum Gasteiger partial charge on any atom is -0.388 e. The standard InChI is InChI=1S/C11H13N7O4/c1-4-15-9-6(10(21)16-4)13-3-18(9)11-8(20)7(19)5(22-11)2-14-17-12/h3,5,7-8,11,19-20H,2H2,1H3,(H,15,16,21)/t5-,7?,8+,11-/m1/s1. The Hall–Kier alpha value is -2.46. The predicted molar refractivity (Wildman–Crippen MR) is 72.8 cm³/mol. The lowest BCUT2D eigenvalue weighted by atomic mass is 10.1. The number of nitrogens with one attached hydrogen (secondary N) is 1. The van der Waals surface area contributed by atoms with Crippen LogP contribution in [-0.4, -0.2) is 54.6 Å². The van der Waals surface area contributed by atoms with Crippen molar-refractivity contribution in [3.05, 3.63) is 32.9 Å². The zero-order valence-electron chi connectivity index (χ0n) is 11.5. The molecule has 2 aromatic heterocycles. The molecule has 11 heteroatoms. The van der Waals surface area contributed by atoms with Gasteiger partial charge in [0.15, 0.2) is 17.4 Å². The summed E-state index contributed by atoms with van der Waals surface area (Å²) in [5.41, 5.74) is 8.27. The maximum atomic E-state index is 11.8. The molecule has 2 aromatic rings. The summed E-state index contributed by atoms with van der Waals surface area (Å²) in [4.78, 5) is 25.0. The van der Waals surface area contributed by atoms with E-state index in [1.807, 2.05) is 0 Å². The summed E-state index contributed by atoms with van der Waals surface area (Å²) in [6.07, 6.45) is -3.01. The van der Waals surface area contributed by atoms with Crippen LogP contribution >= 0.6 is 0 Å². The fraction of sp³-hybridized carbons (Fsp3) is 0.545. The number of ether oxygens (including phenoxy) is 1. The summed E-state index contributed by atoms with van der Waals surface area (Å²) in [6, 6.07) is 0. The molecule has 1 unspecified atom stereocenters. The molecule has 3 rings (SSSR count). The average Bonchev–Trinajstić information content (AvgIpc) is 3.00. The van der Waals surface area contributed by atoms with Crippen molar-refractivity contribution in [2.75, 3.05) is 6.54 Å². The van der Waals surface area contributed by atoms with E-state index in [1.54, 1.807) is 6.92 Å². The maximum Gasteiger partial charge on any atom is 0.279 e. The van der Waals surface area contributed by atoms with Crippen LogP contribution < -0.4 is 5.56 Å². The second-order valence-corrected chi connectivity index (χ2v) is 4.94. The molecule has 3 heterocycles. The number of aliphatic hydroxyl groups is 2. The topological polar surface area (TPSA) is 162 Å². The van der Waals surface area contributed by atoms with Crippen molar-refractivity contribution in [3.8, 4) is 0 Å². The van der Waals surface area contributed by atoms with Crippen LogP contribution in [0, 0.1) is 6.92 Å². The molecule has 0 aliphatic carbocycles. The molecule has 1 fully saturated rings. The Kier molecular flexibility index (Phi) is 3.54. The van der Waals surface area contributed by atoms with Crippen molar-refractivity contribution in [1.82, 2.24) is 19.5 Å². The van der Waals surface area contributed by atoms with Gasteiger partial charge in [-0.15, -0.1) is 0 Å². The van der Waals surface area contributed by atoms with Crippen LogP contribution in [0.4, 0.5) is 0 Å². The summed E-state index contributed by atoms with van der Waals surface area (Å²) < 4.78 is 6.90. The van der Waals surface area contributed by atoms with Crippen molar-refractivity contribution in [2.24, 2.45) is 5.11 Å². The number of nitrogens with zero attached hydrogens (tertiary/aromatic N) is 6. The quantitative estimate of drug-likeness (QED) is 0.388. The number of hydrogen-bond acceptors (Lipinski definition) is 7. The third-order valence-electron chi connectivity index (χ3n) is 3.49. The number of aliphatic hydroxyl groups excluding tert-OH is 2. The number of azide groups is 1. The van der Waals surface area contributed by atoms with E-state index in [4.69, 9.17) is 10.3 Å². The zero-order valence-corrected chi connectivity index (χ0v) is 11.5. The molecule has 1 saturated heterocycles. The monoisotopic (exact) mass is 307 g/mol. The van der Waals surface area contributed by atoms with Crippen molar-refractivity contribution in [1.29, 1.82) is 0 Å². The lowest BCUT2D eigenvalue weighted by Gasteiger charge is -2.16. The van der Waals surface area contributed by atoms with E-state index in [0.717, 1.165) is 0 Å². The van der Waals surface area contributed by atoms with Gasteiger partial charge in [0, 0.05) is 4.91 Å². The number of aromatic nitrogens is 4. The number of imidazole rings is 1. The number of aromatic amines is 1. The molecular formula is C11H13N7O4. The number of H-pyrrole nitrogens is 1. The van der Waals surface area contributed by atoms with Crippen LogP contribution in [0.25, 0.3) is 21.6 Å². The minimum absolute atomic E-state index is 0.106. The molecule has 0 radical (unpaired) electrons. The van der Waals surface area contributed by atoms with Gasteiger partial charge >= 0.3 is 0 Å². The molecule has 1 aliphatic rings. The molecule has 1 aliphatic heterocycles. The van der Waals surface area contributed by atoms with Crippen molar-refractivity contribution in [3.63, 3.8) is 0 Å². The Morgan fingerprint density at radius 3 is 3.05 bits per heavy atom. The van der Waals surface area contributed by atoms with E-state index < -0.39 is 30.1 Å². The molecule has 0 bridgehead atoms. The van der Waals surface area contributed by atoms with E-state index in [2.05, 4.69) is 25.0 Å². The first kappa shape index (κ1) is 14.5. The average molecular weight is 307 g/mol. The summed E-state index contributed by atoms with van der Waals surface area (Å²) in [7, 11) is 0. The zero-order chi connectivity index (χ0) is 15.9. The van der Waals surface area contributed by atoms with Gasteiger partial charge in [0.05, 0.1) is 19.0 Å². The molecule has 11 nitrogen and oxygen atoms in total. The van der Waals surface area contributed by atoms with Crippen LogP contribution in [0.2, 0.25) is 0 Å². The highest BCUT2D eigenvalue weighted by atomic mass is 16.6. The minimum atomic E-state index is -1.27. The Morgan fingerprint density at radius 2 is 2.32 bits per heavy atom. The van der Waals surface area contributed by atoms with Gasteiger partial charge in [-0.25, -0.2) is 9.97 Å². The molecule has 22 heavy (non-hydrogen) atoms. The largest absolute Gasteiger partial charge is 0.388 e. The lowest BCUT2D eigenvalue weighted by Crippen LogP contribution is -2.32. The van der Waals surface area contributed by atoms with Crippen molar-refractivity contribution >= 4 is 11.2 Å². The molecule has 3 N–H and O–H groups in total. The lowest BCUT2D eigenvalue weighted by molar-refractivity contribution is -0.0321. The first-order chi connectivity index (χ1) is 10.5. The van der Waals surface area contributed by atoms with E-state index in [-0.39, 0.29) is 17.7 Å². The van der Waals surface area contributed by atoms with Gasteiger partial charge in [0.25, 0.3) is 5.56 Å². The van der Waals surface area contributed by atoms with E-state index in [0.29, 0.717) is 5.82 Å². The highest BCUT2D eigenvalue weighted by Crippen LogP contribution is 2.31. The van der Waals surface area contributed by atoms with Crippen LogP contribution in [-0.2, 0) is 4.74 Å². The smallest absolute Gasteiger partial charge is 0.279 e. The number of fused-ring (bicyclic) bond motifs is 1. The normalized spacial score (nSPS) is 28.0. The molecule has 0 spiro atoms. The van der Waals surface area contributed by atoms with Crippen LogP contribution in [0.15, 0.2) is 16.2 Å². The first-order valence-corrected chi connectivity index (χ1v) is 6.49. The van der Waals surface area contributed by atoms with Gasteiger partial charge < -0.3 is 19.9 Å². The summed E-state index contributed by atoms with van der Waals surface area (Å²) in [5.74, 6) is 0.387. The van der Waals surface area contributed by atoms with E-state index in [9.17, 15) is 15.0 Å². The fourth-order valence-corrected chi connectivity index (χ4v) is 2.45. The molecule has 0 saturated carbocycles. The Balaban J connectivity index is 2.01. The third-order valence-corrected chi connectivity index (χ3v) is 3.49. The maximum absolute atomic E-state index is 11.8. The predicted octanol–water partition coefficient (Wildman–Crippen LogP) is -0.642.